The van der Waals surface area contributed by atoms with Crippen LogP contribution in [0, 0.1) is 0 Å². The maximum absolute atomic E-state index is 11.7. The molecule has 0 spiro atoms. The van der Waals surface area contributed by atoms with E-state index in [0.29, 0.717) is 6.29 Å². The summed E-state index contributed by atoms with van der Waals surface area (Å²) in [5.41, 5.74) is -0.831. The standard InChI is InChI=1S/C13H15NO4/c1-10(16)14-13(2,9-15)12(17)18-8-11-6-4-3-5-7-11/h3-7,9H,8H2,1-2H3,(H,14,16)/t13-/m1/s1. The van der Waals surface area contributed by atoms with Crippen LogP contribution in [0.25, 0.3) is 0 Å². The third-order valence-corrected chi connectivity index (χ3v) is 2.31. The van der Waals surface area contributed by atoms with E-state index in [9.17, 15) is 14.4 Å². The Morgan fingerprint density at radius 1 is 1.33 bits per heavy atom. The van der Waals surface area contributed by atoms with Crippen LogP contribution >= 0.6 is 0 Å². The summed E-state index contributed by atoms with van der Waals surface area (Å²) >= 11 is 0. The number of aldehydes is 1. The Morgan fingerprint density at radius 3 is 2.44 bits per heavy atom. The molecule has 5 heteroatoms. The number of esters is 1. The molecule has 0 saturated heterocycles. The zero-order valence-corrected chi connectivity index (χ0v) is 10.3. The van der Waals surface area contributed by atoms with Crippen molar-refractivity contribution in [3.05, 3.63) is 35.9 Å². The van der Waals surface area contributed by atoms with Gasteiger partial charge >= 0.3 is 5.97 Å². The fraction of sp³-hybridized carbons (Fsp3) is 0.308. The lowest BCUT2D eigenvalue weighted by Crippen LogP contribution is -2.53. The number of hydrogen-bond acceptors (Lipinski definition) is 4. The number of carbonyl (C=O) groups is 3. The highest BCUT2D eigenvalue weighted by molar-refractivity contribution is 6.01. The van der Waals surface area contributed by atoms with E-state index in [0.717, 1.165) is 5.56 Å². The zero-order valence-electron chi connectivity index (χ0n) is 10.3. The summed E-state index contributed by atoms with van der Waals surface area (Å²) in [5, 5.41) is 2.26. The summed E-state index contributed by atoms with van der Waals surface area (Å²) in [4.78, 5) is 33.6. The van der Waals surface area contributed by atoms with Crippen LogP contribution in [0.1, 0.15) is 19.4 Å². The van der Waals surface area contributed by atoms with Gasteiger partial charge in [0.2, 0.25) is 5.91 Å². The smallest absolute Gasteiger partial charge is 0.339 e. The van der Waals surface area contributed by atoms with Gasteiger partial charge in [-0.1, -0.05) is 30.3 Å². The third kappa shape index (κ3) is 3.69. The molecule has 0 aromatic heterocycles. The summed E-state index contributed by atoms with van der Waals surface area (Å²) in [5.74, 6) is -1.25. The van der Waals surface area contributed by atoms with Crippen LogP contribution in [0.3, 0.4) is 0 Å². The Bertz CT molecular complexity index is 444. The van der Waals surface area contributed by atoms with Gasteiger partial charge in [0.25, 0.3) is 0 Å². The molecule has 1 amide bonds. The second-order valence-electron chi connectivity index (χ2n) is 4.06. The molecule has 0 aliphatic rings. The van der Waals surface area contributed by atoms with Crippen LogP contribution in [0.15, 0.2) is 30.3 Å². The highest BCUT2D eigenvalue weighted by Gasteiger charge is 2.35. The minimum absolute atomic E-state index is 0.0582. The summed E-state index contributed by atoms with van der Waals surface area (Å²) < 4.78 is 5.00. The lowest BCUT2D eigenvalue weighted by atomic mass is 10.1. The van der Waals surface area contributed by atoms with Gasteiger partial charge in [0.05, 0.1) is 0 Å². The molecule has 1 N–H and O–H groups in total. The highest BCUT2D eigenvalue weighted by Crippen LogP contribution is 2.07. The second kappa shape index (κ2) is 5.95. The molecular weight excluding hydrogens is 234 g/mol. The van der Waals surface area contributed by atoms with Crippen molar-refractivity contribution in [1.82, 2.24) is 5.32 Å². The van der Waals surface area contributed by atoms with E-state index in [2.05, 4.69) is 5.32 Å². The maximum atomic E-state index is 11.7. The normalized spacial score (nSPS) is 13.2. The fourth-order valence-electron chi connectivity index (χ4n) is 1.37. The van der Waals surface area contributed by atoms with Crippen LogP contribution in [-0.2, 0) is 25.7 Å². The van der Waals surface area contributed by atoms with Crippen molar-refractivity contribution in [1.29, 1.82) is 0 Å². The van der Waals surface area contributed by atoms with Gasteiger partial charge in [0.1, 0.15) is 6.61 Å². The van der Waals surface area contributed by atoms with Crippen molar-refractivity contribution in [2.24, 2.45) is 0 Å². The van der Waals surface area contributed by atoms with E-state index in [1.54, 1.807) is 12.1 Å². The summed E-state index contributed by atoms with van der Waals surface area (Å²) in [6.45, 7) is 2.59. The second-order valence-corrected chi connectivity index (χ2v) is 4.06. The molecule has 0 unspecified atom stereocenters. The van der Waals surface area contributed by atoms with Crippen molar-refractivity contribution in [2.75, 3.05) is 0 Å². The summed E-state index contributed by atoms with van der Waals surface area (Å²) in [6.07, 6.45) is 0.363. The Balaban J connectivity index is 2.63. The molecule has 0 heterocycles. The van der Waals surface area contributed by atoms with Gasteiger partial charge in [-0.05, 0) is 12.5 Å². The maximum Gasteiger partial charge on any atom is 0.339 e. The van der Waals surface area contributed by atoms with E-state index < -0.39 is 17.4 Å². The first-order valence-electron chi connectivity index (χ1n) is 5.44. The lowest BCUT2D eigenvalue weighted by molar-refractivity contribution is -0.155. The molecule has 0 fully saturated rings. The molecule has 1 atom stereocenters. The van der Waals surface area contributed by atoms with Crippen LogP contribution in [-0.4, -0.2) is 23.7 Å². The average Bonchev–Trinajstić information content (AvgIpc) is 2.36. The average molecular weight is 249 g/mol. The van der Waals surface area contributed by atoms with Gasteiger partial charge in [0, 0.05) is 6.92 Å². The molecule has 1 rings (SSSR count). The largest absolute Gasteiger partial charge is 0.459 e. The molecule has 0 aliphatic carbocycles. The van der Waals surface area contributed by atoms with E-state index in [-0.39, 0.29) is 6.61 Å². The molecular formula is C13H15NO4. The van der Waals surface area contributed by atoms with Crippen molar-refractivity contribution < 1.29 is 19.1 Å². The van der Waals surface area contributed by atoms with E-state index in [1.807, 2.05) is 18.2 Å². The van der Waals surface area contributed by atoms with Gasteiger partial charge in [0.15, 0.2) is 11.8 Å². The van der Waals surface area contributed by atoms with Gasteiger partial charge in [-0.3, -0.25) is 4.79 Å². The Hall–Kier alpha value is -2.17. The van der Waals surface area contributed by atoms with Crippen LogP contribution in [0.5, 0.6) is 0 Å². The molecule has 0 saturated carbocycles. The Kier molecular flexibility index (Phi) is 4.59. The quantitative estimate of drug-likeness (QED) is 0.476. The van der Waals surface area contributed by atoms with Crippen LogP contribution in [0.2, 0.25) is 0 Å². The SMILES string of the molecule is CC(=O)N[C@](C)(C=O)C(=O)OCc1ccccc1. The van der Waals surface area contributed by atoms with Gasteiger partial charge in [-0.2, -0.15) is 0 Å². The summed E-state index contributed by atoms with van der Waals surface area (Å²) in [6, 6.07) is 9.07. The van der Waals surface area contributed by atoms with Crippen LogP contribution < -0.4 is 5.32 Å². The Morgan fingerprint density at radius 2 is 1.94 bits per heavy atom. The minimum atomic E-state index is -1.64. The number of benzene rings is 1. The van der Waals surface area contributed by atoms with Crippen molar-refractivity contribution in [2.45, 2.75) is 26.0 Å². The number of amides is 1. The molecule has 1 aromatic rings. The monoisotopic (exact) mass is 249 g/mol. The predicted octanol–water partition coefficient (Wildman–Crippen LogP) is 0.823. The number of ether oxygens (including phenoxy) is 1. The first kappa shape index (κ1) is 13.9. The molecule has 18 heavy (non-hydrogen) atoms. The lowest BCUT2D eigenvalue weighted by Gasteiger charge is -2.21. The third-order valence-electron chi connectivity index (χ3n) is 2.31. The first-order chi connectivity index (χ1) is 8.48. The predicted molar refractivity (Wildman–Crippen MR) is 64.5 cm³/mol. The zero-order chi connectivity index (χ0) is 13.6. The summed E-state index contributed by atoms with van der Waals surface area (Å²) in [7, 11) is 0. The van der Waals surface area contributed by atoms with Crippen molar-refractivity contribution in [3.8, 4) is 0 Å². The van der Waals surface area contributed by atoms with Gasteiger partial charge in [-0.15, -0.1) is 0 Å². The number of carbonyl (C=O) groups excluding carboxylic acids is 3. The topological polar surface area (TPSA) is 72.5 Å². The molecule has 0 aliphatic heterocycles. The molecule has 0 radical (unpaired) electrons. The number of nitrogens with one attached hydrogen (secondary N) is 1. The van der Waals surface area contributed by atoms with Gasteiger partial charge in [-0.25, -0.2) is 4.79 Å². The number of rotatable bonds is 5. The molecule has 0 bridgehead atoms. The van der Waals surface area contributed by atoms with E-state index >= 15 is 0 Å². The number of hydrogen-bond donors (Lipinski definition) is 1. The molecule has 5 nitrogen and oxygen atoms in total. The van der Waals surface area contributed by atoms with Gasteiger partial charge < -0.3 is 14.8 Å². The van der Waals surface area contributed by atoms with Crippen LogP contribution in [0.4, 0.5) is 0 Å². The molecule has 96 valence electrons. The van der Waals surface area contributed by atoms with E-state index in [1.165, 1.54) is 13.8 Å². The highest BCUT2D eigenvalue weighted by atomic mass is 16.5. The fourth-order valence-corrected chi connectivity index (χ4v) is 1.37. The molecule has 1 aromatic carbocycles. The van der Waals surface area contributed by atoms with Crippen molar-refractivity contribution >= 4 is 18.2 Å². The Labute approximate surface area is 105 Å². The minimum Gasteiger partial charge on any atom is -0.459 e. The first-order valence-corrected chi connectivity index (χ1v) is 5.44. The van der Waals surface area contributed by atoms with Crippen molar-refractivity contribution in [3.63, 3.8) is 0 Å². The van der Waals surface area contributed by atoms with E-state index in [4.69, 9.17) is 4.74 Å².